The second-order valence-corrected chi connectivity index (χ2v) is 7.04. The van der Waals surface area contributed by atoms with Crippen molar-refractivity contribution in [1.82, 2.24) is 19.7 Å². The van der Waals surface area contributed by atoms with Crippen LogP contribution in [0.25, 0.3) is 11.3 Å². The monoisotopic (exact) mass is 402 g/mol. The van der Waals surface area contributed by atoms with Crippen molar-refractivity contribution in [2.75, 3.05) is 10.0 Å². The fourth-order valence-electron chi connectivity index (χ4n) is 2.69. The van der Waals surface area contributed by atoms with Gasteiger partial charge in [-0.25, -0.2) is 9.97 Å². The van der Waals surface area contributed by atoms with Crippen molar-refractivity contribution in [3.8, 4) is 11.3 Å². The summed E-state index contributed by atoms with van der Waals surface area (Å²) in [4.78, 5) is 21.9. The second-order valence-electron chi connectivity index (χ2n) is 6.16. The van der Waals surface area contributed by atoms with Crippen molar-refractivity contribution in [3.63, 3.8) is 0 Å². The van der Waals surface area contributed by atoms with E-state index in [4.69, 9.17) is 0 Å². The Morgan fingerprint density at radius 3 is 2.41 bits per heavy atom. The molecule has 2 N–H and O–H groups in total. The molecule has 2 aromatic carbocycles. The highest BCUT2D eigenvalue weighted by Gasteiger charge is 2.14. The van der Waals surface area contributed by atoms with Gasteiger partial charge in [-0.15, -0.1) is 0 Å². The molecule has 0 unspecified atom stereocenters. The van der Waals surface area contributed by atoms with Crippen molar-refractivity contribution < 1.29 is 4.79 Å². The molecule has 2 aromatic heterocycles. The number of nitrogens with one attached hydrogen (secondary N) is 2. The van der Waals surface area contributed by atoms with Gasteiger partial charge >= 0.3 is 0 Å². The van der Waals surface area contributed by atoms with Crippen LogP contribution in [-0.4, -0.2) is 25.7 Å². The first-order chi connectivity index (χ1) is 14.2. The predicted octanol–water partition coefficient (Wildman–Crippen LogP) is 4.25. The molecule has 8 heteroatoms. The smallest absolute Gasteiger partial charge is 0.273 e. The van der Waals surface area contributed by atoms with Crippen LogP contribution >= 0.6 is 11.9 Å². The lowest BCUT2D eigenvalue weighted by molar-refractivity contribution is 0.101. The number of carbonyl (C=O) groups excluding carboxylic acids is 1. The van der Waals surface area contributed by atoms with Gasteiger partial charge in [0.2, 0.25) is 5.95 Å². The maximum absolute atomic E-state index is 12.7. The average Bonchev–Trinajstić information content (AvgIpc) is 3.16. The minimum atomic E-state index is -0.210. The van der Waals surface area contributed by atoms with Gasteiger partial charge in [-0.05, 0) is 48.3 Å². The Morgan fingerprint density at radius 2 is 1.69 bits per heavy atom. The zero-order chi connectivity index (χ0) is 20.1. The SMILES string of the molecule is Cn1nc(-c2ccccc2)cc1C(=O)Nc1ccc(SNc2ncccn2)cc1. The number of amides is 1. The fraction of sp³-hybridized carbons (Fsp3) is 0.0476. The summed E-state index contributed by atoms with van der Waals surface area (Å²) in [5, 5.41) is 7.35. The standard InChI is InChI=1S/C21H18N6OS/c1-27-19(14-18(25-27)15-6-3-2-4-7-15)20(28)24-16-8-10-17(11-9-16)29-26-21-22-12-5-13-23-21/h2-14H,1H3,(H,24,28)(H,22,23,26). The highest BCUT2D eigenvalue weighted by Crippen LogP contribution is 2.22. The molecule has 0 bridgehead atoms. The maximum atomic E-state index is 12.7. The third-order valence-electron chi connectivity index (χ3n) is 4.12. The number of carbonyl (C=O) groups is 1. The Balaban J connectivity index is 1.40. The van der Waals surface area contributed by atoms with Gasteiger partial charge in [0.25, 0.3) is 5.91 Å². The summed E-state index contributed by atoms with van der Waals surface area (Å²) < 4.78 is 4.66. The molecule has 0 aliphatic heterocycles. The van der Waals surface area contributed by atoms with Gasteiger partial charge < -0.3 is 5.32 Å². The quantitative estimate of drug-likeness (QED) is 0.469. The summed E-state index contributed by atoms with van der Waals surface area (Å²) >= 11 is 1.40. The molecule has 1 amide bonds. The zero-order valence-corrected chi connectivity index (χ0v) is 16.4. The molecule has 7 nitrogen and oxygen atoms in total. The van der Waals surface area contributed by atoms with E-state index in [0.29, 0.717) is 17.3 Å². The van der Waals surface area contributed by atoms with Gasteiger partial charge in [-0.1, -0.05) is 30.3 Å². The van der Waals surface area contributed by atoms with Crippen molar-refractivity contribution in [1.29, 1.82) is 0 Å². The molecular formula is C21H18N6OS. The third kappa shape index (κ3) is 4.61. The molecule has 0 aliphatic carbocycles. The van der Waals surface area contributed by atoms with E-state index in [1.54, 1.807) is 36.3 Å². The summed E-state index contributed by atoms with van der Waals surface area (Å²) in [5.41, 5.74) is 2.93. The number of nitrogens with zero attached hydrogens (tertiary/aromatic N) is 4. The summed E-state index contributed by atoms with van der Waals surface area (Å²) in [7, 11) is 1.76. The molecule has 0 saturated carbocycles. The van der Waals surface area contributed by atoms with Crippen LogP contribution in [-0.2, 0) is 7.05 Å². The van der Waals surface area contributed by atoms with Crippen molar-refractivity contribution in [2.24, 2.45) is 7.05 Å². The van der Waals surface area contributed by atoms with Gasteiger partial charge in [0, 0.05) is 35.6 Å². The van der Waals surface area contributed by atoms with Crippen LogP contribution in [0.5, 0.6) is 0 Å². The van der Waals surface area contributed by atoms with Gasteiger partial charge in [0.15, 0.2) is 0 Å². The predicted molar refractivity (Wildman–Crippen MR) is 115 cm³/mol. The molecule has 0 atom stereocenters. The number of hydrogen-bond acceptors (Lipinski definition) is 6. The number of hydrogen-bond donors (Lipinski definition) is 2. The summed E-state index contributed by atoms with van der Waals surface area (Å²) in [6, 6.07) is 20.9. The van der Waals surface area contributed by atoms with Crippen LogP contribution in [0.3, 0.4) is 0 Å². The fourth-order valence-corrected chi connectivity index (χ4v) is 3.27. The summed E-state index contributed by atoms with van der Waals surface area (Å²) in [6.07, 6.45) is 3.35. The van der Waals surface area contributed by atoms with Crippen molar-refractivity contribution in [3.05, 3.63) is 84.8 Å². The lowest BCUT2D eigenvalue weighted by Gasteiger charge is -2.07. The highest BCUT2D eigenvalue weighted by molar-refractivity contribution is 8.00. The average molecular weight is 402 g/mol. The number of aryl methyl sites for hydroxylation is 1. The van der Waals surface area contributed by atoms with Crippen molar-refractivity contribution in [2.45, 2.75) is 4.90 Å². The summed E-state index contributed by atoms with van der Waals surface area (Å²) in [5.74, 6) is 0.332. The van der Waals surface area contributed by atoms with Crippen molar-refractivity contribution >= 4 is 29.5 Å². The molecule has 0 spiro atoms. The first kappa shape index (κ1) is 18.7. The van der Waals surface area contributed by atoms with E-state index in [2.05, 4.69) is 25.1 Å². The van der Waals surface area contributed by atoms with E-state index in [1.165, 1.54) is 11.9 Å². The third-order valence-corrected chi connectivity index (χ3v) is 4.91. The lowest BCUT2D eigenvalue weighted by atomic mass is 10.1. The molecular weight excluding hydrogens is 384 g/mol. The largest absolute Gasteiger partial charge is 0.321 e. The highest BCUT2D eigenvalue weighted by atomic mass is 32.2. The molecule has 0 radical (unpaired) electrons. The van der Waals surface area contributed by atoms with Gasteiger partial charge in [-0.3, -0.25) is 14.2 Å². The Kier molecular flexibility index (Phi) is 5.53. The van der Waals surface area contributed by atoms with Gasteiger partial charge in [0.05, 0.1) is 5.69 Å². The van der Waals surface area contributed by atoms with E-state index in [1.807, 2.05) is 54.6 Å². The first-order valence-electron chi connectivity index (χ1n) is 8.90. The molecule has 4 rings (SSSR count). The van der Waals surface area contributed by atoms with E-state index in [9.17, 15) is 4.79 Å². The topological polar surface area (TPSA) is 84.7 Å². The Hall–Kier alpha value is -3.65. The van der Waals surface area contributed by atoms with Gasteiger partial charge in [0.1, 0.15) is 5.69 Å². The molecule has 4 aromatic rings. The van der Waals surface area contributed by atoms with Crippen LogP contribution in [0.1, 0.15) is 10.5 Å². The normalized spacial score (nSPS) is 10.5. The minimum Gasteiger partial charge on any atom is -0.321 e. The van der Waals surface area contributed by atoms with E-state index in [0.717, 1.165) is 16.2 Å². The van der Waals surface area contributed by atoms with Crippen LogP contribution in [0, 0.1) is 0 Å². The number of aromatic nitrogens is 4. The maximum Gasteiger partial charge on any atom is 0.273 e. The molecule has 0 aliphatic rings. The molecule has 0 fully saturated rings. The van der Waals surface area contributed by atoms with Crippen LogP contribution in [0.4, 0.5) is 11.6 Å². The van der Waals surface area contributed by atoms with Crippen LogP contribution in [0.15, 0.2) is 84.0 Å². The van der Waals surface area contributed by atoms with E-state index < -0.39 is 0 Å². The van der Waals surface area contributed by atoms with E-state index >= 15 is 0 Å². The molecule has 2 heterocycles. The minimum absolute atomic E-state index is 0.210. The van der Waals surface area contributed by atoms with Crippen LogP contribution < -0.4 is 10.0 Å². The Bertz CT molecular complexity index is 1100. The molecule has 144 valence electrons. The number of anilines is 2. The van der Waals surface area contributed by atoms with Gasteiger partial charge in [-0.2, -0.15) is 5.10 Å². The van der Waals surface area contributed by atoms with Crippen LogP contribution in [0.2, 0.25) is 0 Å². The second kappa shape index (κ2) is 8.57. The van der Waals surface area contributed by atoms with E-state index in [-0.39, 0.29) is 5.91 Å². The number of rotatable bonds is 6. The first-order valence-corrected chi connectivity index (χ1v) is 9.71. The lowest BCUT2D eigenvalue weighted by Crippen LogP contribution is -2.15. The summed E-state index contributed by atoms with van der Waals surface area (Å²) in [6.45, 7) is 0. The molecule has 0 saturated heterocycles. The number of benzene rings is 2. The Labute approximate surface area is 172 Å². The zero-order valence-electron chi connectivity index (χ0n) is 15.6. The Morgan fingerprint density at radius 1 is 0.966 bits per heavy atom. The molecule has 29 heavy (non-hydrogen) atoms.